The number of benzene rings is 2. The van der Waals surface area contributed by atoms with Crippen LogP contribution in [-0.2, 0) is 19.1 Å². The van der Waals surface area contributed by atoms with E-state index in [9.17, 15) is 14.4 Å². The first-order valence-electron chi connectivity index (χ1n) is 8.56. The summed E-state index contributed by atoms with van der Waals surface area (Å²) < 4.78 is 9.22. The highest BCUT2D eigenvalue weighted by molar-refractivity contribution is 6.03. The van der Waals surface area contributed by atoms with Gasteiger partial charge in [0.15, 0.2) is 0 Å². The Kier molecular flexibility index (Phi) is 7.33. The standard InChI is InChI=1S/C21H22N2O5/c1-14(15-9-5-4-6-10-15)22-20(25)16-11-7-8-12-17(16)23-18(21(26)28-3)13-19(24)27-2/h4-14,23H,1-3H3,(H,22,25)/b18-13+. The lowest BCUT2D eigenvalue weighted by Crippen LogP contribution is -2.27. The summed E-state index contributed by atoms with van der Waals surface area (Å²) in [6.07, 6.45) is 0.965. The molecule has 0 fully saturated rings. The lowest BCUT2D eigenvalue weighted by atomic mass is 10.1. The minimum Gasteiger partial charge on any atom is -0.466 e. The molecule has 0 saturated carbocycles. The van der Waals surface area contributed by atoms with E-state index in [0.717, 1.165) is 11.6 Å². The van der Waals surface area contributed by atoms with Crippen LogP contribution in [0, 0.1) is 0 Å². The van der Waals surface area contributed by atoms with Gasteiger partial charge in [0.2, 0.25) is 0 Å². The molecule has 7 heteroatoms. The van der Waals surface area contributed by atoms with Gasteiger partial charge in [-0.2, -0.15) is 0 Å². The van der Waals surface area contributed by atoms with Crippen molar-refractivity contribution in [3.63, 3.8) is 0 Å². The Labute approximate surface area is 163 Å². The van der Waals surface area contributed by atoms with Gasteiger partial charge in [0, 0.05) is 0 Å². The Bertz CT molecular complexity index is 877. The van der Waals surface area contributed by atoms with Gasteiger partial charge in [-0.3, -0.25) is 4.79 Å². The normalized spacial score (nSPS) is 11.9. The van der Waals surface area contributed by atoms with E-state index < -0.39 is 11.9 Å². The highest BCUT2D eigenvalue weighted by Gasteiger charge is 2.18. The average Bonchev–Trinajstić information content (AvgIpc) is 2.73. The van der Waals surface area contributed by atoms with Crippen LogP contribution in [-0.4, -0.2) is 32.1 Å². The molecule has 2 aromatic rings. The molecule has 0 spiro atoms. The second-order valence-corrected chi connectivity index (χ2v) is 5.85. The second kappa shape index (κ2) is 9.91. The van der Waals surface area contributed by atoms with Crippen LogP contribution in [0.2, 0.25) is 0 Å². The quantitative estimate of drug-likeness (QED) is 0.565. The number of ether oxygens (including phenoxy) is 2. The Morgan fingerprint density at radius 1 is 0.929 bits per heavy atom. The third-order valence-electron chi connectivity index (χ3n) is 3.96. The molecule has 28 heavy (non-hydrogen) atoms. The summed E-state index contributed by atoms with van der Waals surface area (Å²) in [7, 11) is 2.38. The number of carbonyl (C=O) groups excluding carboxylic acids is 3. The van der Waals surface area contributed by atoms with E-state index in [1.807, 2.05) is 37.3 Å². The number of anilines is 1. The number of methoxy groups -OCH3 is 2. The number of rotatable bonds is 7. The van der Waals surface area contributed by atoms with E-state index in [1.54, 1.807) is 24.3 Å². The molecule has 2 rings (SSSR count). The highest BCUT2D eigenvalue weighted by atomic mass is 16.5. The van der Waals surface area contributed by atoms with Gasteiger partial charge in [0.25, 0.3) is 5.91 Å². The largest absolute Gasteiger partial charge is 0.466 e. The van der Waals surface area contributed by atoms with Crippen LogP contribution >= 0.6 is 0 Å². The summed E-state index contributed by atoms with van der Waals surface area (Å²) in [5.74, 6) is -1.83. The second-order valence-electron chi connectivity index (χ2n) is 5.85. The van der Waals surface area contributed by atoms with Crippen molar-refractivity contribution in [3.05, 3.63) is 77.5 Å². The van der Waals surface area contributed by atoms with Gasteiger partial charge in [-0.05, 0) is 24.6 Å². The minimum absolute atomic E-state index is 0.147. The van der Waals surface area contributed by atoms with Crippen LogP contribution in [0.4, 0.5) is 5.69 Å². The summed E-state index contributed by atoms with van der Waals surface area (Å²) in [5, 5.41) is 5.70. The van der Waals surface area contributed by atoms with Crippen LogP contribution in [0.5, 0.6) is 0 Å². The van der Waals surface area contributed by atoms with Crippen molar-refractivity contribution in [1.29, 1.82) is 0 Å². The summed E-state index contributed by atoms with van der Waals surface area (Å²) >= 11 is 0. The number of nitrogens with one attached hydrogen (secondary N) is 2. The van der Waals surface area contributed by atoms with Crippen LogP contribution in [0.15, 0.2) is 66.4 Å². The molecular formula is C21H22N2O5. The lowest BCUT2D eigenvalue weighted by molar-refractivity contribution is -0.138. The molecule has 1 amide bonds. The third kappa shape index (κ3) is 5.44. The van der Waals surface area contributed by atoms with Crippen molar-refractivity contribution in [2.45, 2.75) is 13.0 Å². The first kappa shape index (κ1) is 20.7. The number of para-hydroxylation sites is 1. The van der Waals surface area contributed by atoms with Gasteiger partial charge in [0.05, 0.1) is 37.6 Å². The van der Waals surface area contributed by atoms with Crippen molar-refractivity contribution < 1.29 is 23.9 Å². The molecule has 0 radical (unpaired) electrons. The number of hydrogen-bond donors (Lipinski definition) is 2. The van der Waals surface area contributed by atoms with Crippen molar-refractivity contribution in [2.75, 3.05) is 19.5 Å². The van der Waals surface area contributed by atoms with E-state index in [-0.39, 0.29) is 17.6 Å². The molecule has 0 heterocycles. The summed E-state index contributed by atoms with van der Waals surface area (Å²) in [5.41, 5.74) is 1.47. The number of hydrogen-bond acceptors (Lipinski definition) is 6. The zero-order valence-electron chi connectivity index (χ0n) is 15.9. The fraction of sp³-hybridized carbons (Fsp3) is 0.190. The van der Waals surface area contributed by atoms with E-state index in [1.165, 1.54) is 14.2 Å². The maximum atomic E-state index is 12.8. The molecule has 1 atom stereocenters. The molecule has 2 aromatic carbocycles. The predicted molar refractivity (Wildman–Crippen MR) is 105 cm³/mol. The van der Waals surface area contributed by atoms with Crippen LogP contribution in [0.1, 0.15) is 28.9 Å². The fourth-order valence-electron chi connectivity index (χ4n) is 2.47. The number of carbonyl (C=O) groups is 3. The van der Waals surface area contributed by atoms with Crippen molar-refractivity contribution in [3.8, 4) is 0 Å². The lowest BCUT2D eigenvalue weighted by Gasteiger charge is -2.17. The first-order chi connectivity index (χ1) is 13.5. The average molecular weight is 382 g/mol. The molecular weight excluding hydrogens is 360 g/mol. The van der Waals surface area contributed by atoms with E-state index >= 15 is 0 Å². The Morgan fingerprint density at radius 3 is 2.21 bits per heavy atom. The van der Waals surface area contributed by atoms with Gasteiger partial charge >= 0.3 is 11.9 Å². The molecule has 0 aromatic heterocycles. The van der Waals surface area contributed by atoms with E-state index in [2.05, 4.69) is 20.1 Å². The molecule has 0 bridgehead atoms. The van der Waals surface area contributed by atoms with Gasteiger partial charge in [-0.1, -0.05) is 42.5 Å². The number of esters is 2. The SMILES string of the molecule is COC(=O)/C=C(/Nc1ccccc1C(=O)NC(C)c1ccccc1)C(=O)OC. The summed E-state index contributed by atoms with van der Waals surface area (Å²) in [6.45, 7) is 1.88. The third-order valence-corrected chi connectivity index (χ3v) is 3.96. The van der Waals surface area contributed by atoms with Gasteiger partial charge in [-0.15, -0.1) is 0 Å². The smallest absolute Gasteiger partial charge is 0.354 e. The van der Waals surface area contributed by atoms with Crippen LogP contribution in [0.25, 0.3) is 0 Å². The molecule has 1 unspecified atom stereocenters. The zero-order chi connectivity index (χ0) is 20.5. The summed E-state index contributed by atoms with van der Waals surface area (Å²) in [4.78, 5) is 36.2. The zero-order valence-corrected chi connectivity index (χ0v) is 15.9. The molecule has 7 nitrogen and oxygen atoms in total. The van der Waals surface area contributed by atoms with Gasteiger partial charge in [-0.25, -0.2) is 9.59 Å². The predicted octanol–water partition coefficient (Wildman–Crippen LogP) is 2.82. The molecule has 146 valence electrons. The molecule has 0 aliphatic heterocycles. The van der Waals surface area contributed by atoms with Crippen molar-refractivity contribution >= 4 is 23.5 Å². The fourth-order valence-corrected chi connectivity index (χ4v) is 2.47. The van der Waals surface area contributed by atoms with Crippen LogP contribution in [0.3, 0.4) is 0 Å². The number of amides is 1. The van der Waals surface area contributed by atoms with Crippen LogP contribution < -0.4 is 10.6 Å². The Balaban J connectivity index is 2.26. The first-order valence-corrected chi connectivity index (χ1v) is 8.56. The Morgan fingerprint density at radius 2 is 1.57 bits per heavy atom. The van der Waals surface area contributed by atoms with Gasteiger partial charge in [0.1, 0.15) is 5.70 Å². The monoisotopic (exact) mass is 382 g/mol. The van der Waals surface area contributed by atoms with E-state index in [4.69, 9.17) is 0 Å². The van der Waals surface area contributed by atoms with Gasteiger partial charge < -0.3 is 20.1 Å². The Hall–Kier alpha value is -3.61. The van der Waals surface area contributed by atoms with E-state index in [0.29, 0.717) is 11.3 Å². The molecule has 2 N–H and O–H groups in total. The molecule has 0 saturated heterocycles. The minimum atomic E-state index is -0.765. The van der Waals surface area contributed by atoms with Crippen molar-refractivity contribution in [2.24, 2.45) is 0 Å². The maximum Gasteiger partial charge on any atom is 0.354 e. The summed E-state index contributed by atoms with van der Waals surface area (Å²) in [6, 6.07) is 16.0. The molecule has 0 aliphatic rings. The highest BCUT2D eigenvalue weighted by Crippen LogP contribution is 2.20. The molecule has 0 aliphatic carbocycles. The topological polar surface area (TPSA) is 93.7 Å². The van der Waals surface area contributed by atoms with Crippen molar-refractivity contribution in [1.82, 2.24) is 5.32 Å². The maximum absolute atomic E-state index is 12.8.